The molecule has 1 aromatic heterocycles. The van der Waals surface area contributed by atoms with Crippen molar-refractivity contribution in [2.75, 3.05) is 13.2 Å². The van der Waals surface area contributed by atoms with E-state index in [-0.39, 0.29) is 0 Å². The second-order valence-corrected chi connectivity index (χ2v) is 4.93. The molecule has 19 heavy (non-hydrogen) atoms. The first-order valence-electron chi connectivity index (χ1n) is 6.80. The Morgan fingerprint density at radius 1 is 1.32 bits per heavy atom. The molecule has 1 fully saturated rings. The lowest BCUT2D eigenvalue weighted by Gasteiger charge is -2.23. The van der Waals surface area contributed by atoms with Gasteiger partial charge in [0.1, 0.15) is 0 Å². The molecule has 4 heteroatoms. The van der Waals surface area contributed by atoms with Crippen molar-refractivity contribution < 1.29 is 4.74 Å². The fraction of sp³-hybridized carbons (Fsp3) is 0.400. The van der Waals surface area contributed by atoms with Gasteiger partial charge in [-0.3, -0.25) is 0 Å². The topological polar surface area (TPSA) is 39.1 Å². The van der Waals surface area contributed by atoms with E-state index in [0.717, 1.165) is 31.9 Å². The number of hydrogen-bond donors (Lipinski definition) is 1. The highest BCUT2D eigenvalue weighted by molar-refractivity contribution is 5.34. The minimum Gasteiger partial charge on any atom is -0.380 e. The van der Waals surface area contributed by atoms with Crippen LogP contribution in [0.5, 0.6) is 0 Å². The Morgan fingerprint density at radius 3 is 2.89 bits per heavy atom. The van der Waals surface area contributed by atoms with E-state index in [9.17, 15) is 0 Å². The van der Waals surface area contributed by atoms with Crippen LogP contribution in [-0.2, 0) is 11.3 Å². The predicted octanol–water partition coefficient (Wildman–Crippen LogP) is 2.14. The van der Waals surface area contributed by atoms with Gasteiger partial charge in [0, 0.05) is 37.3 Å². The first-order chi connectivity index (χ1) is 9.42. The maximum Gasteiger partial charge on any atom is 0.0991 e. The first-order valence-corrected chi connectivity index (χ1v) is 6.80. The van der Waals surface area contributed by atoms with E-state index in [4.69, 9.17) is 4.74 Å². The van der Waals surface area contributed by atoms with Crippen molar-refractivity contribution >= 4 is 0 Å². The Morgan fingerprint density at radius 2 is 2.21 bits per heavy atom. The number of rotatable bonds is 4. The summed E-state index contributed by atoms with van der Waals surface area (Å²) in [5.41, 5.74) is 2.44. The Balaban J connectivity index is 1.57. The summed E-state index contributed by atoms with van der Waals surface area (Å²) < 4.78 is 7.47. The Bertz CT molecular complexity index is 487. The summed E-state index contributed by atoms with van der Waals surface area (Å²) in [4.78, 5) is 4.06. The molecular weight excluding hydrogens is 238 g/mol. The van der Waals surface area contributed by atoms with Crippen molar-refractivity contribution in [1.82, 2.24) is 14.9 Å². The summed E-state index contributed by atoms with van der Waals surface area (Å²) in [7, 11) is 0. The molecule has 1 aliphatic rings. The number of nitrogens with one attached hydrogen (secondary N) is 1. The average molecular weight is 257 g/mol. The Hall–Kier alpha value is -1.65. The van der Waals surface area contributed by atoms with E-state index in [0.29, 0.717) is 6.04 Å². The van der Waals surface area contributed by atoms with Gasteiger partial charge in [-0.25, -0.2) is 4.98 Å². The molecule has 1 N–H and O–H groups in total. The lowest BCUT2D eigenvalue weighted by Crippen LogP contribution is -2.36. The average Bonchev–Trinajstić information content (AvgIpc) is 3.01. The van der Waals surface area contributed by atoms with E-state index < -0.39 is 0 Å². The van der Waals surface area contributed by atoms with E-state index >= 15 is 0 Å². The van der Waals surface area contributed by atoms with Crippen molar-refractivity contribution in [2.45, 2.75) is 25.4 Å². The van der Waals surface area contributed by atoms with Gasteiger partial charge in [0.05, 0.1) is 12.9 Å². The van der Waals surface area contributed by atoms with Crippen molar-refractivity contribution in [1.29, 1.82) is 0 Å². The summed E-state index contributed by atoms with van der Waals surface area (Å²) in [5, 5.41) is 3.55. The maximum absolute atomic E-state index is 5.47. The number of imidazole rings is 1. The third-order valence-corrected chi connectivity index (χ3v) is 3.49. The highest BCUT2D eigenvalue weighted by Crippen LogP contribution is 2.11. The molecule has 100 valence electrons. The molecule has 0 bridgehead atoms. The van der Waals surface area contributed by atoms with Gasteiger partial charge in [0.15, 0.2) is 0 Å². The molecule has 1 aliphatic heterocycles. The van der Waals surface area contributed by atoms with Crippen LogP contribution in [0.3, 0.4) is 0 Å². The highest BCUT2D eigenvalue weighted by atomic mass is 16.5. The molecule has 2 heterocycles. The van der Waals surface area contributed by atoms with Crippen LogP contribution < -0.4 is 5.32 Å². The lowest BCUT2D eigenvalue weighted by molar-refractivity contribution is 0.0699. The van der Waals surface area contributed by atoms with Crippen LogP contribution in [0, 0.1) is 0 Å². The second kappa shape index (κ2) is 5.99. The molecule has 0 spiro atoms. The van der Waals surface area contributed by atoms with Gasteiger partial charge in [-0.2, -0.15) is 0 Å². The van der Waals surface area contributed by atoms with Gasteiger partial charge in [0.25, 0.3) is 0 Å². The second-order valence-electron chi connectivity index (χ2n) is 4.93. The zero-order chi connectivity index (χ0) is 12.9. The van der Waals surface area contributed by atoms with E-state index in [1.807, 2.05) is 17.1 Å². The molecule has 3 rings (SSSR count). The van der Waals surface area contributed by atoms with Crippen molar-refractivity contribution in [3.05, 3.63) is 48.5 Å². The van der Waals surface area contributed by atoms with Crippen LogP contribution in [-0.4, -0.2) is 28.8 Å². The number of nitrogens with zero attached hydrogens (tertiary/aromatic N) is 2. The van der Waals surface area contributed by atoms with E-state index in [1.165, 1.54) is 12.0 Å². The van der Waals surface area contributed by atoms with Crippen LogP contribution >= 0.6 is 0 Å². The molecular formula is C15H19N3O. The van der Waals surface area contributed by atoms with Crippen molar-refractivity contribution in [3.8, 4) is 5.69 Å². The largest absolute Gasteiger partial charge is 0.380 e. The normalized spacial score (nSPS) is 19.5. The monoisotopic (exact) mass is 257 g/mol. The molecule has 1 aromatic carbocycles. The molecule has 1 unspecified atom stereocenters. The fourth-order valence-corrected chi connectivity index (χ4v) is 2.36. The molecule has 4 nitrogen and oxygen atoms in total. The molecule has 1 saturated heterocycles. The van der Waals surface area contributed by atoms with Crippen LogP contribution in [0.1, 0.15) is 18.4 Å². The summed E-state index contributed by atoms with van der Waals surface area (Å²) >= 11 is 0. The molecule has 0 aliphatic carbocycles. The van der Waals surface area contributed by atoms with Crippen LogP contribution in [0.4, 0.5) is 0 Å². The van der Waals surface area contributed by atoms with Gasteiger partial charge in [0.2, 0.25) is 0 Å². The standard InChI is InChI=1S/C15H19N3O/c1-2-14(11-19-9-1)17-10-13-3-5-15(6-4-13)18-8-7-16-12-18/h3-8,12,14,17H,1-2,9-11H2. The molecule has 2 aromatic rings. The molecule has 1 atom stereocenters. The van der Waals surface area contributed by atoms with E-state index in [1.54, 1.807) is 6.20 Å². The van der Waals surface area contributed by atoms with Crippen LogP contribution in [0.25, 0.3) is 5.69 Å². The van der Waals surface area contributed by atoms with Gasteiger partial charge in [-0.1, -0.05) is 12.1 Å². The van der Waals surface area contributed by atoms with Gasteiger partial charge >= 0.3 is 0 Å². The summed E-state index contributed by atoms with van der Waals surface area (Å²) in [5.74, 6) is 0. The van der Waals surface area contributed by atoms with Gasteiger partial charge < -0.3 is 14.6 Å². The third-order valence-electron chi connectivity index (χ3n) is 3.49. The number of aromatic nitrogens is 2. The highest BCUT2D eigenvalue weighted by Gasteiger charge is 2.12. The Labute approximate surface area is 113 Å². The molecule has 0 saturated carbocycles. The summed E-state index contributed by atoms with van der Waals surface area (Å²) in [6.45, 7) is 2.66. The molecule has 0 amide bonds. The zero-order valence-electron chi connectivity index (χ0n) is 11.0. The zero-order valence-corrected chi connectivity index (χ0v) is 11.0. The number of hydrogen-bond acceptors (Lipinski definition) is 3. The quantitative estimate of drug-likeness (QED) is 0.912. The summed E-state index contributed by atoms with van der Waals surface area (Å²) in [6, 6.07) is 9.06. The SMILES string of the molecule is c1cn(-c2ccc(CNC3CCCOC3)cc2)cn1. The van der Waals surface area contributed by atoms with Crippen LogP contribution in [0.2, 0.25) is 0 Å². The maximum atomic E-state index is 5.47. The third kappa shape index (κ3) is 3.22. The molecule has 0 radical (unpaired) electrons. The number of benzene rings is 1. The Kier molecular flexibility index (Phi) is 3.91. The van der Waals surface area contributed by atoms with Gasteiger partial charge in [-0.05, 0) is 30.5 Å². The lowest BCUT2D eigenvalue weighted by atomic mass is 10.1. The summed E-state index contributed by atoms with van der Waals surface area (Å²) in [6.07, 6.45) is 7.93. The first kappa shape index (κ1) is 12.4. The van der Waals surface area contributed by atoms with E-state index in [2.05, 4.69) is 34.6 Å². The van der Waals surface area contributed by atoms with Crippen molar-refractivity contribution in [2.24, 2.45) is 0 Å². The van der Waals surface area contributed by atoms with Crippen molar-refractivity contribution in [3.63, 3.8) is 0 Å². The predicted molar refractivity (Wildman–Crippen MR) is 74.2 cm³/mol. The minimum atomic E-state index is 0.502. The minimum absolute atomic E-state index is 0.502. The smallest absolute Gasteiger partial charge is 0.0991 e. The van der Waals surface area contributed by atoms with Crippen LogP contribution in [0.15, 0.2) is 43.0 Å². The van der Waals surface area contributed by atoms with Gasteiger partial charge in [-0.15, -0.1) is 0 Å². The number of ether oxygens (including phenoxy) is 1. The fourth-order valence-electron chi connectivity index (χ4n) is 2.36.